The van der Waals surface area contributed by atoms with E-state index in [1.54, 1.807) is 4.90 Å². The van der Waals surface area contributed by atoms with Crippen LogP contribution in [0.15, 0.2) is 6.20 Å². The number of aromatic nitrogens is 3. The van der Waals surface area contributed by atoms with Gasteiger partial charge in [-0.1, -0.05) is 5.21 Å². The van der Waals surface area contributed by atoms with Crippen molar-refractivity contribution in [3.05, 3.63) is 11.9 Å². The maximum atomic E-state index is 12.2. The van der Waals surface area contributed by atoms with Gasteiger partial charge in [-0.25, -0.2) is 9.48 Å². The maximum Gasteiger partial charge on any atom is 0.410 e. The van der Waals surface area contributed by atoms with Gasteiger partial charge >= 0.3 is 6.09 Å². The van der Waals surface area contributed by atoms with Gasteiger partial charge in [-0.15, -0.1) is 5.10 Å². The van der Waals surface area contributed by atoms with Crippen molar-refractivity contribution in [2.75, 3.05) is 6.54 Å². The number of hydrogen-bond donors (Lipinski definition) is 1. The molecule has 1 fully saturated rings. The van der Waals surface area contributed by atoms with Crippen molar-refractivity contribution < 1.29 is 14.3 Å². The summed E-state index contributed by atoms with van der Waals surface area (Å²) in [5, 5.41) is 7.55. The van der Waals surface area contributed by atoms with Gasteiger partial charge in [0.15, 0.2) is 5.69 Å². The lowest BCUT2D eigenvalue weighted by molar-refractivity contribution is 0.0211. The third-order valence-electron chi connectivity index (χ3n) is 3.19. The Labute approximate surface area is 123 Å². The molecule has 0 aliphatic carbocycles. The number of ether oxygens (including phenoxy) is 1. The van der Waals surface area contributed by atoms with Crippen molar-refractivity contribution in [2.24, 2.45) is 5.73 Å². The number of amides is 2. The van der Waals surface area contributed by atoms with Crippen LogP contribution in [0, 0.1) is 0 Å². The zero-order valence-corrected chi connectivity index (χ0v) is 12.6. The van der Waals surface area contributed by atoms with Crippen LogP contribution in [0.25, 0.3) is 0 Å². The Hall–Kier alpha value is -2.12. The van der Waals surface area contributed by atoms with Crippen molar-refractivity contribution in [3.63, 3.8) is 0 Å². The van der Waals surface area contributed by atoms with Crippen LogP contribution in [0.5, 0.6) is 0 Å². The van der Waals surface area contributed by atoms with Crippen molar-refractivity contribution in [3.8, 4) is 0 Å². The molecule has 2 amide bonds. The zero-order valence-electron chi connectivity index (χ0n) is 12.6. The fourth-order valence-corrected chi connectivity index (χ4v) is 2.30. The van der Waals surface area contributed by atoms with Crippen molar-refractivity contribution in [1.29, 1.82) is 0 Å². The molecule has 0 saturated carbocycles. The number of carbonyl (C=O) groups is 2. The topological polar surface area (TPSA) is 103 Å². The second-order valence-corrected chi connectivity index (χ2v) is 6.16. The maximum absolute atomic E-state index is 12.2. The van der Waals surface area contributed by atoms with E-state index in [4.69, 9.17) is 10.5 Å². The number of carbonyl (C=O) groups excluding carboxylic acids is 2. The van der Waals surface area contributed by atoms with Gasteiger partial charge in [-0.2, -0.15) is 0 Å². The molecule has 1 atom stereocenters. The Morgan fingerprint density at radius 2 is 2.19 bits per heavy atom. The summed E-state index contributed by atoms with van der Waals surface area (Å²) in [4.78, 5) is 24.9. The van der Waals surface area contributed by atoms with Gasteiger partial charge in [-0.05, 0) is 33.6 Å². The van der Waals surface area contributed by atoms with Crippen LogP contribution in [0.2, 0.25) is 0 Å². The quantitative estimate of drug-likeness (QED) is 0.887. The molecular weight excluding hydrogens is 274 g/mol. The molecular formula is C13H21N5O3. The summed E-state index contributed by atoms with van der Waals surface area (Å²) in [5.74, 6) is -0.614. The van der Waals surface area contributed by atoms with Crippen molar-refractivity contribution >= 4 is 12.0 Å². The first-order chi connectivity index (χ1) is 9.76. The second kappa shape index (κ2) is 5.71. The summed E-state index contributed by atoms with van der Waals surface area (Å²) < 4.78 is 6.94. The van der Waals surface area contributed by atoms with Crippen LogP contribution in [-0.4, -0.2) is 50.1 Å². The third-order valence-corrected chi connectivity index (χ3v) is 3.19. The van der Waals surface area contributed by atoms with E-state index in [0.29, 0.717) is 13.1 Å². The highest BCUT2D eigenvalue weighted by Gasteiger charge is 2.32. The molecule has 0 radical (unpaired) electrons. The molecule has 21 heavy (non-hydrogen) atoms. The molecule has 1 aliphatic heterocycles. The van der Waals surface area contributed by atoms with E-state index < -0.39 is 11.5 Å². The summed E-state index contributed by atoms with van der Waals surface area (Å²) in [6, 6.07) is -0.0118. The Morgan fingerprint density at radius 3 is 2.76 bits per heavy atom. The fourth-order valence-electron chi connectivity index (χ4n) is 2.30. The number of rotatable bonds is 3. The first-order valence-electron chi connectivity index (χ1n) is 6.96. The van der Waals surface area contributed by atoms with Crippen LogP contribution < -0.4 is 5.73 Å². The Morgan fingerprint density at radius 1 is 1.48 bits per heavy atom. The molecule has 116 valence electrons. The standard InChI is InChI=1S/C13H21N5O3/c1-13(2,3)21-12(20)18-6-4-5-9(18)7-17-8-10(11(14)19)15-16-17/h8-9H,4-7H2,1-3H3,(H2,14,19)/t9-/m0/s1. The fraction of sp³-hybridized carbons (Fsp3) is 0.692. The highest BCUT2D eigenvalue weighted by atomic mass is 16.6. The van der Waals surface area contributed by atoms with Gasteiger partial charge in [0.2, 0.25) is 0 Å². The number of primary amides is 1. The molecule has 2 N–H and O–H groups in total. The number of likely N-dealkylation sites (tertiary alicyclic amines) is 1. The van der Waals surface area contributed by atoms with E-state index in [2.05, 4.69) is 10.3 Å². The first kappa shape index (κ1) is 15.3. The van der Waals surface area contributed by atoms with Gasteiger partial charge in [0.05, 0.1) is 18.8 Å². The minimum absolute atomic E-state index is 0.0118. The van der Waals surface area contributed by atoms with Crippen molar-refractivity contribution in [1.82, 2.24) is 19.9 Å². The normalized spacial score (nSPS) is 18.8. The number of nitrogens with two attached hydrogens (primary N) is 1. The summed E-state index contributed by atoms with van der Waals surface area (Å²) >= 11 is 0. The van der Waals surface area contributed by atoms with Gasteiger partial charge in [0.1, 0.15) is 5.60 Å². The molecule has 1 aromatic rings. The van der Waals surface area contributed by atoms with Crippen LogP contribution in [0.1, 0.15) is 44.1 Å². The molecule has 1 aliphatic rings. The Balaban J connectivity index is 2.01. The minimum Gasteiger partial charge on any atom is -0.444 e. The van der Waals surface area contributed by atoms with Crippen LogP contribution in [0.3, 0.4) is 0 Å². The average Bonchev–Trinajstić information content (AvgIpc) is 2.96. The highest BCUT2D eigenvalue weighted by molar-refractivity contribution is 5.90. The monoisotopic (exact) mass is 295 g/mol. The second-order valence-electron chi connectivity index (χ2n) is 6.16. The lowest BCUT2D eigenvalue weighted by atomic mass is 10.2. The smallest absolute Gasteiger partial charge is 0.410 e. The van der Waals surface area contributed by atoms with Gasteiger partial charge in [-0.3, -0.25) is 4.79 Å². The molecule has 2 rings (SSSR count). The lowest BCUT2D eigenvalue weighted by Crippen LogP contribution is -2.41. The van der Waals surface area contributed by atoms with E-state index in [1.807, 2.05) is 20.8 Å². The summed E-state index contributed by atoms with van der Waals surface area (Å²) in [5.41, 5.74) is 4.75. The largest absolute Gasteiger partial charge is 0.444 e. The predicted molar refractivity (Wildman–Crippen MR) is 74.5 cm³/mol. The Bertz CT molecular complexity index is 534. The molecule has 0 spiro atoms. The average molecular weight is 295 g/mol. The lowest BCUT2D eigenvalue weighted by Gasteiger charge is -2.28. The van der Waals surface area contributed by atoms with Crippen molar-refractivity contribution in [2.45, 2.75) is 51.8 Å². The SMILES string of the molecule is CC(C)(C)OC(=O)N1CCC[C@H]1Cn1cc(C(N)=O)nn1. The molecule has 2 heterocycles. The molecule has 1 aromatic heterocycles. The highest BCUT2D eigenvalue weighted by Crippen LogP contribution is 2.21. The van der Waals surface area contributed by atoms with Gasteiger partial charge < -0.3 is 15.4 Å². The van der Waals surface area contributed by atoms with E-state index in [0.717, 1.165) is 12.8 Å². The minimum atomic E-state index is -0.614. The van der Waals surface area contributed by atoms with Crippen LogP contribution in [-0.2, 0) is 11.3 Å². The summed E-state index contributed by atoms with van der Waals surface area (Å²) in [7, 11) is 0. The van der Waals surface area contributed by atoms with E-state index in [9.17, 15) is 9.59 Å². The van der Waals surface area contributed by atoms with Gasteiger partial charge in [0.25, 0.3) is 5.91 Å². The zero-order chi connectivity index (χ0) is 15.6. The van der Waals surface area contributed by atoms with E-state index in [-0.39, 0.29) is 17.8 Å². The Kier molecular flexibility index (Phi) is 4.15. The van der Waals surface area contributed by atoms with E-state index in [1.165, 1.54) is 10.9 Å². The summed E-state index contributed by atoms with van der Waals surface area (Å²) in [6.07, 6.45) is 2.96. The number of hydrogen-bond acceptors (Lipinski definition) is 5. The van der Waals surface area contributed by atoms with Gasteiger partial charge in [0, 0.05) is 6.54 Å². The molecule has 1 saturated heterocycles. The van der Waals surface area contributed by atoms with Crippen LogP contribution >= 0.6 is 0 Å². The van der Waals surface area contributed by atoms with E-state index >= 15 is 0 Å². The van der Waals surface area contributed by atoms with Crippen LogP contribution in [0.4, 0.5) is 4.79 Å². The molecule has 0 unspecified atom stereocenters. The molecule has 8 nitrogen and oxygen atoms in total. The predicted octanol–water partition coefficient (Wildman–Crippen LogP) is 0.776. The summed E-state index contributed by atoms with van der Waals surface area (Å²) in [6.45, 7) is 6.65. The molecule has 0 aromatic carbocycles. The third kappa shape index (κ3) is 3.93. The first-order valence-corrected chi connectivity index (χ1v) is 6.96. The number of nitrogens with zero attached hydrogens (tertiary/aromatic N) is 4. The molecule has 8 heteroatoms. The molecule has 0 bridgehead atoms.